The van der Waals surface area contributed by atoms with Crippen LogP contribution in [0.1, 0.15) is 27.1 Å². The number of halogens is 2. The molecule has 0 bridgehead atoms. The Balaban J connectivity index is 2.50. The fourth-order valence-electron chi connectivity index (χ4n) is 2.27. The van der Waals surface area contributed by atoms with Crippen LogP contribution in [0.25, 0.3) is 0 Å². The zero-order valence-corrected chi connectivity index (χ0v) is 14.1. The van der Waals surface area contributed by atoms with Gasteiger partial charge in [0.25, 0.3) is 0 Å². The first kappa shape index (κ1) is 15.8. The second-order valence-corrected chi connectivity index (χ2v) is 5.87. The third-order valence-electron chi connectivity index (χ3n) is 3.47. The van der Waals surface area contributed by atoms with Crippen molar-refractivity contribution in [3.63, 3.8) is 0 Å². The molecule has 0 saturated carbocycles. The number of ether oxygens (including phenoxy) is 2. The Labute approximate surface area is 133 Å². The number of hydrogen-bond donors (Lipinski definition) is 0. The highest BCUT2D eigenvalue weighted by atomic mass is 79.9. The van der Waals surface area contributed by atoms with Crippen molar-refractivity contribution in [3.05, 3.63) is 58.4 Å². The average Bonchev–Trinajstić information content (AvgIpc) is 2.46. The van der Waals surface area contributed by atoms with Crippen molar-refractivity contribution >= 4 is 15.9 Å². The van der Waals surface area contributed by atoms with Crippen molar-refractivity contribution < 1.29 is 13.9 Å². The van der Waals surface area contributed by atoms with Crippen molar-refractivity contribution in [2.24, 2.45) is 0 Å². The van der Waals surface area contributed by atoms with Crippen molar-refractivity contribution in [3.8, 4) is 11.5 Å². The van der Waals surface area contributed by atoms with Crippen LogP contribution in [0, 0.1) is 19.7 Å². The SMILES string of the molecule is COc1cc(C)c(C(Br)c2ccc(C)cc2F)cc1OC. The Morgan fingerprint density at radius 1 is 0.952 bits per heavy atom. The van der Waals surface area contributed by atoms with E-state index in [1.807, 2.05) is 32.0 Å². The minimum absolute atomic E-state index is 0.217. The molecule has 2 nitrogen and oxygen atoms in total. The van der Waals surface area contributed by atoms with E-state index >= 15 is 0 Å². The molecule has 0 radical (unpaired) electrons. The summed E-state index contributed by atoms with van der Waals surface area (Å²) in [6.45, 7) is 3.84. The highest BCUT2D eigenvalue weighted by Crippen LogP contribution is 2.39. The van der Waals surface area contributed by atoms with E-state index in [2.05, 4.69) is 15.9 Å². The Hall–Kier alpha value is -1.55. The van der Waals surface area contributed by atoms with Crippen LogP contribution in [0.15, 0.2) is 30.3 Å². The molecule has 21 heavy (non-hydrogen) atoms. The molecule has 4 heteroatoms. The summed E-state index contributed by atoms with van der Waals surface area (Å²) in [6, 6.07) is 9.03. The first-order valence-electron chi connectivity index (χ1n) is 6.60. The molecule has 0 saturated heterocycles. The quantitative estimate of drug-likeness (QED) is 0.725. The van der Waals surface area contributed by atoms with Crippen LogP contribution >= 0.6 is 15.9 Å². The van der Waals surface area contributed by atoms with Gasteiger partial charge < -0.3 is 9.47 Å². The zero-order valence-electron chi connectivity index (χ0n) is 12.5. The molecule has 112 valence electrons. The molecule has 0 fully saturated rings. The van der Waals surface area contributed by atoms with Gasteiger partial charge in [-0.1, -0.05) is 28.1 Å². The van der Waals surface area contributed by atoms with Gasteiger partial charge in [0.1, 0.15) is 5.82 Å². The van der Waals surface area contributed by atoms with E-state index in [1.165, 1.54) is 0 Å². The predicted octanol–water partition coefficient (Wildman–Crippen LogP) is 4.94. The Morgan fingerprint density at radius 2 is 1.57 bits per heavy atom. The van der Waals surface area contributed by atoms with E-state index in [1.54, 1.807) is 26.4 Å². The molecule has 0 amide bonds. The highest BCUT2D eigenvalue weighted by molar-refractivity contribution is 9.09. The van der Waals surface area contributed by atoms with E-state index in [4.69, 9.17) is 9.47 Å². The van der Waals surface area contributed by atoms with Crippen molar-refractivity contribution in [2.75, 3.05) is 14.2 Å². The van der Waals surface area contributed by atoms with E-state index < -0.39 is 0 Å². The van der Waals surface area contributed by atoms with E-state index in [9.17, 15) is 4.39 Å². The van der Waals surface area contributed by atoms with Gasteiger partial charge in [0.2, 0.25) is 0 Å². The Kier molecular flexibility index (Phi) is 4.88. The van der Waals surface area contributed by atoms with Gasteiger partial charge in [-0.15, -0.1) is 0 Å². The van der Waals surface area contributed by atoms with Gasteiger partial charge in [-0.05, 0) is 48.7 Å². The topological polar surface area (TPSA) is 18.5 Å². The van der Waals surface area contributed by atoms with Gasteiger partial charge in [-0.3, -0.25) is 0 Å². The van der Waals surface area contributed by atoms with Crippen LogP contribution in [0.5, 0.6) is 11.5 Å². The standard InChI is InChI=1S/C17H18BrFO2/c1-10-5-6-12(14(19)7-10)17(18)13-9-16(21-4)15(20-3)8-11(13)2/h5-9,17H,1-4H3. The summed E-state index contributed by atoms with van der Waals surface area (Å²) in [7, 11) is 3.19. The normalized spacial score (nSPS) is 12.1. The highest BCUT2D eigenvalue weighted by Gasteiger charge is 2.19. The molecule has 0 aliphatic carbocycles. The number of aryl methyl sites for hydroxylation is 2. The van der Waals surface area contributed by atoms with Crippen LogP contribution in [0.2, 0.25) is 0 Å². The van der Waals surface area contributed by atoms with E-state index in [0.717, 1.165) is 16.7 Å². The molecule has 1 unspecified atom stereocenters. The molecule has 2 rings (SSSR count). The molecular weight excluding hydrogens is 335 g/mol. The van der Waals surface area contributed by atoms with Gasteiger partial charge in [-0.2, -0.15) is 0 Å². The maximum Gasteiger partial charge on any atom is 0.161 e. The van der Waals surface area contributed by atoms with Crippen molar-refractivity contribution in [1.29, 1.82) is 0 Å². The van der Waals surface area contributed by atoms with Crippen LogP contribution in [-0.4, -0.2) is 14.2 Å². The molecule has 0 aliphatic heterocycles. The molecule has 0 aromatic heterocycles. The molecule has 0 aliphatic rings. The Bertz CT molecular complexity index is 655. The third-order valence-corrected chi connectivity index (χ3v) is 4.46. The first-order chi connectivity index (χ1) is 9.97. The Morgan fingerprint density at radius 3 is 2.14 bits per heavy atom. The van der Waals surface area contributed by atoms with Gasteiger partial charge >= 0.3 is 0 Å². The summed E-state index contributed by atoms with van der Waals surface area (Å²) >= 11 is 3.59. The number of rotatable bonds is 4. The number of methoxy groups -OCH3 is 2. The van der Waals surface area contributed by atoms with Gasteiger partial charge in [-0.25, -0.2) is 4.39 Å². The van der Waals surface area contributed by atoms with Gasteiger partial charge in [0.15, 0.2) is 11.5 Å². The second kappa shape index (κ2) is 6.48. The van der Waals surface area contributed by atoms with Gasteiger partial charge in [0, 0.05) is 5.56 Å². The average molecular weight is 353 g/mol. The van der Waals surface area contributed by atoms with Crippen molar-refractivity contribution in [1.82, 2.24) is 0 Å². The molecule has 1 atom stereocenters. The number of alkyl halides is 1. The number of hydrogen-bond acceptors (Lipinski definition) is 2. The summed E-state index contributed by atoms with van der Waals surface area (Å²) in [5.41, 5.74) is 3.47. The van der Waals surface area contributed by atoms with Gasteiger partial charge in [0.05, 0.1) is 19.0 Å². The van der Waals surface area contributed by atoms with E-state index in [0.29, 0.717) is 17.1 Å². The predicted molar refractivity (Wildman–Crippen MR) is 86.2 cm³/mol. The molecule has 2 aromatic carbocycles. The van der Waals surface area contributed by atoms with Crippen LogP contribution < -0.4 is 9.47 Å². The smallest absolute Gasteiger partial charge is 0.161 e. The summed E-state index contributed by atoms with van der Waals surface area (Å²) in [5.74, 6) is 1.09. The monoisotopic (exact) mass is 352 g/mol. The third kappa shape index (κ3) is 3.21. The fraction of sp³-hybridized carbons (Fsp3) is 0.294. The summed E-state index contributed by atoms with van der Waals surface area (Å²) in [5, 5.41) is 0. The van der Waals surface area contributed by atoms with E-state index in [-0.39, 0.29) is 10.6 Å². The number of benzene rings is 2. The maximum atomic E-state index is 14.2. The lowest BCUT2D eigenvalue weighted by molar-refractivity contribution is 0.354. The van der Waals surface area contributed by atoms with Crippen LogP contribution in [0.4, 0.5) is 4.39 Å². The minimum Gasteiger partial charge on any atom is -0.493 e. The lowest BCUT2D eigenvalue weighted by atomic mass is 9.98. The van der Waals surface area contributed by atoms with Crippen molar-refractivity contribution in [2.45, 2.75) is 18.7 Å². The first-order valence-corrected chi connectivity index (χ1v) is 7.52. The summed E-state index contributed by atoms with van der Waals surface area (Å²) in [4.78, 5) is -0.238. The lowest BCUT2D eigenvalue weighted by Crippen LogP contribution is -2.01. The molecule has 0 spiro atoms. The zero-order chi connectivity index (χ0) is 15.6. The second-order valence-electron chi connectivity index (χ2n) is 4.95. The fourth-order valence-corrected chi connectivity index (χ4v) is 3.14. The molecular formula is C17H18BrFO2. The van der Waals surface area contributed by atoms with Crippen LogP contribution in [0.3, 0.4) is 0 Å². The lowest BCUT2D eigenvalue weighted by Gasteiger charge is -2.18. The summed E-state index contributed by atoms with van der Waals surface area (Å²) in [6.07, 6.45) is 0. The van der Waals surface area contributed by atoms with Crippen LogP contribution in [-0.2, 0) is 0 Å². The molecule has 0 heterocycles. The molecule has 2 aromatic rings. The summed E-state index contributed by atoms with van der Waals surface area (Å²) < 4.78 is 24.8. The maximum absolute atomic E-state index is 14.2. The largest absolute Gasteiger partial charge is 0.493 e. The minimum atomic E-state index is -0.238. The molecule has 0 N–H and O–H groups in total.